The van der Waals surface area contributed by atoms with Crippen LogP contribution in [0.1, 0.15) is 5.56 Å². The number of sulfonamides is 1. The van der Waals surface area contributed by atoms with Gasteiger partial charge in [-0.05, 0) is 18.2 Å². The van der Waals surface area contributed by atoms with E-state index in [9.17, 15) is 13.2 Å². The molecule has 0 fully saturated rings. The van der Waals surface area contributed by atoms with E-state index < -0.39 is 22.5 Å². The average Bonchev–Trinajstić information content (AvgIpc) is 2.35. The molecule has 6 nitrogen and oxygen atoms in total. The quantitative estimate of drug-likeness (QED) is 0.750. The van der Waals surface area contributed by atoms with Crippen LogP contribution in [0, 0.1) is 11.8 Å². The molecule has 8 heteroatoms. The predicted octanol–water partition coefficient (Wildman–Crippen LogP) is -0.210. The van der Waals surface area contributed by atoms with Crippen molar-refractivity contribution in [3.05, 3.63) is 28.8 Å². The largest absolute Gasteiger partial charge is 0.384 e. The minimum atomic E-state index is -3.90. The van der Waals surface area contributed by atoms with E-state index in [4.69, 9.17) is 22.4 Å². The van der Waals surface area contributed by atoms with E-state index in [-0.39, 0.29) is 16.5 Å². The van der Waals surface area contributed by atoms with E-state index in [2.05, 4.69) is 11.8 Å². The summed E-state index contributed by atoms with van der Waals surface area (Å²) in [5, 5.41) is 8.56. The van der Waals surface area contributed by atoms with Gasteiger partial charge in [0.05, 0.1) is 11.6 Å². The molecule has 0 unspecified atom stereocenters. The molecule has 0 radical (unpaired) electrons. The number of aliphatic hydroxyl groups excluding tert-OH is 1. The second kappa shape index (κ2) is 6.72. The zero-order chi connectivity index (χ0) is 15.3. The van der Waals surface area contributed by atoms with Gasteiger partial charge in [-0.25, -0.2) is 8.42 Å². The first kappa shape index (κ1) is 16.5. The van der Waals surface area contributed by atoms with Crippen molar-refractivity contribution in [2.24, 2.45) is 5.73 Å². The average molecular weight is 317 g/mol. The number of primary amides is 1. The van der Waals surface area contributed by atoms with Gasteiger partial charge in [0.15, 0.2) is 0 Å². The number of carbonyl (C=O) groups is 1. The molecule has 0 aliphatic carbocycles. The van der Waals surface area contributed by atoms with Crippen LogP contribution in [0.2, 0.25) is 5.02 Å². The van der Waals surface area contributed by atoms with Gasteiger partial charge in [-0.3, -0.25) is 4.79 Å². The Morgan fingerprint density at radius 2 is 2.15 bits per heavy atom. The fourth-order valence-corrected chi connectivity index (χ4v) is 3.05. The Kier molecular flexibility index (Phi) is 5.53. The van der Waals surface area contributed by atoms with Crippen molar-refractivity contribution in [1.29, 1.82) is 0 Å². The fraction of sp³-hybridized carbons (Fsp3) is 0.250. The highest BCUT2D eigenvalue weighted by atomic mass is 35.5. The first-order chi connectivity index (χ1) is 9.28. The fourth-order valence-electron chi connectivity index (χ4n) is 1.40. The van der Waals surface area contributed by atoms with E-state index >= 15 is 0 Å². The Bertz CT molecular complexity index is 676. The van der Waals surface area contributed by atoms with Crippen molar-refractivity contribution in [1.82, 2.24) is 4.31 Å². The maximum atomic E-state index is 12.2. The summed E-state index contributed by atoms with van der Waals surface area (Å²) in [6.07, 6.45) is 0. The molecule has 20 heavy (non-hydrogen) atoms. The molecule has 108 valence electrons. The summed E-state index contributed by atoms with van der Waals surface area (Å²) < 4.78 is 25.2. The van der Waals surface area contributed by atoms with Gasteiger partial charge in [-0.2, -0.15) is 4.31 Å². The molecule has 0 saturated carbocycles. The first-order valence-electron chi connectivity index (χ1n) is 5.43. The molecule has 1 aromatic carbocycles. The summed E-state index contributed by atoms with van der Waals surface area (Å²) in [4.78, 5) is 10.6. The number of hydrogen-bond donors (Lipinski definition) is 2. The summed E-state index contributed by atoms with van der Waals surface area (Å²) >= 11 is 5.92. The second-order valence-electron chi connectivity index (χ2n) is 3.83. The number of halogens is 1. The molecule has 0 aliphatic heterocycles. The maximum absolute atomic E-state index is 12.2. The van der Waals surface area contributed by atoms with E-state index in [0.29, 0.717) is 5.56 Å². The molecule has 1 rings (SSSR count). The van der Waals surface area contributed by atoms with Gasteiger partial charge >= 0.3 is 0 Å². The predicted molar refractivity (Wildman–Crippen MR) is 74.4 cm³/mol. The van der Waals surface area contributed by atoms with Crippen LogP contribution >= 0.6 is 11.6 Å². The molecule has 0 saturated heterocycles. The second-order valence-corrected chi connectivity index (χ2v) is 6.25. The number of amides is 1. The van der Waals surface area contributed by atoms with Crippen LogP contribution in [0.5, 0.6) is 0 Å². The SMILES string of the molecule is CN(CC(N)=O)S(=O)(=O)c1ccc(C#CCO)cc1Cl. The van der Waals surface area contributed by atoms with Crippen molar-refractivity contribution in [2.45, 2.75) is 4.90 Å². The third-order valence-corrected chi connectivity index (χ3v) is 4.60. The van der Waals surface area contributed by atoms with Gasteiger partial charge in [0.25, 0.3) is 0 Å². The van der Waals surface area contributed by atoms with Gasteiger partial charge in [0.2, 0.25) is 15.9 Å². The summed E-state index contributed by atoms with van der Waals surface area (Å²) in [7, 11) is -2.67. The zero-order valence-electron chi connectivity index (χ0n) is 10.6. The summed E-state index contributed by atoms with van der Waals surface area (Å²) in [5.74, 6) is 4.27. The molecule has 0 aromatic heterocycles. The van der Waals surface area contributed by atoms with Crippen molar-refractivity contribution in [3.8, 4) is 11.8 Å². The number of hydrogen-bond acceptors (Lipinski definition) is 4. The van der Waals surface area contributed by atoms with Crippen LogP contribution in [-0.2, 0) is 14.8 Å². The highest BCUT2D eigenvalue weighted by Crippen LogP contribution is 2.24. The van der Waals surface area contributed by atoms with Crippen LogP contribution in [0.15, 0.2) is 23.1 Å². The first-order valence-corrected chi connectivity index (χ1v) is 7.24. The monoisotopic (exact) mass is 316 g/mol. The normalized spacial score (nSPS) is 11.0. The number of nitrogens with two attached hydrogens (primary N) is 1. The number of benzene rings is 1. The maximum Gasteiger partial charge on any atom is 0.244 e. The third-order valence-electron chi connectivity index (χ3n) is 2.31. The van der Waals surface area contributed by atoms with Gasteiger partial charge in [-0.15, -0.1) is 0 Å². The van der Waals surface area contributed by atoms with E-state index in [1.165, 1.54) is 25.2 Å². The Hall–Kier alpha value is -1.59. The van der Waals surface area contributed by atoms with Crippen molar-refractivity contribution >= 4 is 27.5 Å². The topological polar surface area (TPSA) is 101 Å². The summed E-state index contributed by atoms with van der Waals surface area (Å²) in [5.41, 5.74) is 5.44. The zero-order valence-corrected chi connectivity index (χ0v) is 12.2. The molecule has 0 aliphatic rings. The molecule has 0 spiro atoms. The van der Waals surface area contributed by atoms with E-state index in [1.807, 2.05) is 0 Å². The minimum absolute atomic E-state index is 0.0222. The van der Waals surface area contributed by atoms with Crippen LogP contribution in [0.3, 0.4) is 0 Å². The number of likely N-dealkylation sites (N-methyl/N-ethyl adjacent to an activating group) is 1. The lowest BCUT2D eigenvalue weighted by Crippen LogP contribution is -2.35. The lowest BCUT2D eigenvalue weighted by molar-refractivity contribution is -0.118. The molecule has 1 amide bonds. The molecule has 0 bridgehead atoms. The van der Waals surface area contributed by atoms with Crippen molar-refractivity contribution in [2.75, 3.05) is 20.2 Å². The smallest absolute Gasteiger partial charge is 0.244 e. The van der Waals surface area contributed by atoms with E-state index in [1.54, 1.807) is 0 Å². The Labute approximate surface area is 122 Å². The van der Waals surface area contributed by atoms with Crippen molar-refractivity contribution in [3.63, 3.8) is 0 Å². The minimum Gasteiger partial charge on any atom is -0.384 e. The van der Waals surface area contributed by atoms with Crippen molar-refractivity contribution < 1.29 is 18.3 Å². The van der Waals surface area contributed by atoms with Gasteiger partial charge < -0.3 is 10.8 Å². The number of rotatable bonds is 4. The van der Waals surface area contributed by atoms with E-state index in [0.717, 1.165) is 4.31 Å². The number of nitrogens with zero attached hydrogens (tertiary/aromatic N) is 1. The van der Waals surface area contributed by atoms with Gasteiger partial charge in [-0.1, -0.05) is 23.4 Å². The standard InChI is InChI=1S/C12H13ClN2O4S/c1-15(8-12(14)17)20(18,19)11-5-4-9(3-2-6-16)7-10(11)13/h4-5,7,16H,6,8H2,1H3,(H2,14,17). The summed E-state index contributed by atoms with van der Waals surface area (Å²) in [6.45, 7) is -0.746. The highest BCUT2D eigenvalue weighted by Gasteiger charge is 2.24. The number of aliphatic hydroxyl groups is 1. The highest BCUT2D eigenvalue weighted by molar-refractivity contribution is 7.89. The summed E-state index contributed by atoms with van der Waals surface area (Å²) in [6, 6.07) is 4.12. The Morgan fingerprint density at radius 3 is 2.65 bits per heavy atom. The molecular formula is C12H13ClN2O4S. The van der Waals surface area contributed by atoms with Crippen LogP contribution in [0.4, 0.5) is 0 Å². The Balaban J connectivity index is 3.17. The van der Waals surface area contributed by atoms with Crippen LogP contribution in [-0.4, -0.2) is 43.9 Å². The lowest BCUT2D eigenvalue weighted by Gasteiger charge is -2.16. The van der Waals surface area contributed by atoms with Gasteiger partial charge in [0.1, 0.15) is 11.5 Å². The van der Waals surface area contributed by atoms with Gasteiger partial charge in [0, 0.05) is 12.6 Å². The third kappa shape index (κ3) is 3.95. The van der Waals surface area contributed by atoms with Crippen LogP contribution < -0.4 is 5.73 Å². The molecule has 0 heterocycles. The Morgan fingerprint density at radius 1 is 1.50 bits per heavy atom. The lowest BCUT2D eigenvalue weighted by atomic mass is 10.2. The number of carbonyl (C=O) groups excluding carboxylic acids is 1. The van der Waals surface area contributed by atoms with Crippen LogP contribution in [0.25, 0.3) is 0 Å². The molecule has 0 atom stereocenters. The molecular weight excluding hydrogens is 304 g/mol. The molecule has 1 aromatic rings. The molecule has 3 N–H and O–H groups in total.